The van der Waals surface area contributed by atoms with E-state index in [2.05, 4.69) is 4.74 Å². The zero-order valence-electron chi connectivity index (χ0n) is 7.59. The maximum absolute atomic E-state index is 12.5. The van der Waals surface area contributed by atoms with Crippen LogP contribution in [0.5, 0.6) is 0 Å². The van der Waals surface area contributed by atoms with E-state index in [1.807, 2.05) is 0 Å². The molecule has 1 saturated heterocycles. The topological polar surface area (TPSA) is 70.4 Å². The number of carbonyl (C=O) groups excluding carboxylic acids is 1. The number of hydrogen-bond donors (Lipinski definition) is 2. The second-order valence-corrected chi connectivity index (χ2v) is 4.05. The molecule has 0 aromatic carbocycles. The lowest BCUT2D eigenvalue weighted by molar-refractivity contribution is -0.260. The van der Waals surface area contributed by atoms with Crippen molar-refractivity contribution in [3.63, 3.8) is 0 Å². The molecule has 0 saturated carbocycles. The molecule has 1 aliphatic rings. The number of nitrogens with one attached hydrogen (secondary N) is 1. The zero-order valence-corrected chi connectivity index (χ0v) is 8.41. The molecule has 2 unspecified atom stereocenters. The molecule has 0 bridgehead atoms. The molecule has 86 valence electrons. The first-order valence-electron chi connectivity index (χ1n) is 3.82. The fraction of sp³-hybridized carbons (Fsp3) is 0.714. The number of hydrogen-bond acceptors (Lipinski definition) is 5. The molecule has 0 amide bonds. The van der Waals surface area contributed by atoms with Crippen LogP contribution in [-0.2, 0) is 9.53 Å². The third-order valence-electron chi connectivity index (χ3n) is 2.12. The van der Waals surface area contributed by atoms with E-state index in [1.165, 1.54) is 0 Å². The number of esters is 1. The molecule has 1 aliphatic heterocycles. The Morgan fingerprint density at radius 1 is 1.73 bits per heavy atom. The number of ether oxygens (including phenoxy) is 1. The SMILES string of the molecule is COC(=O)C1C(=N)SCC1(O)C(F)(F)F. The first-order chi connectivity index (χ1) is 6.74. The molecule has 0 spiro atoms. The van der Waals surface area contributed by atoms with Gasteiger partial charge in [0.2, 0.25) is 0 Å². The lowest BCUT2D eigenvalue weighted by Gasteiger charge is -2.29. The van der Waals surface area contributed by atoms with E-state index >= 15 is 0 Å². The Morgan fingerprint density at radius 3 is 2.67 bits per heavy atom. The first kappa shape index (κ1) is 12.3. The van der Waals surface area contributed by atoms with Gasteiger partial charge >= 0.3 is 12.1 Å². The predicted octanol–water partition coefficient (Wildman–Crippen LogP) is 0.793. The minimum absolute atomic E-state index is 0.495. The van der Waals surface area contributed by atoms with Crippen LogP contribution in [0.1, 0.15) is 0 Å². The van der Waals surface area contributed by atoms with Gasteiger partial charge in [0.25, 0.3) is 0 Å². The maximum Gasteiger partial charge on any atom is 0.419 e. The summed E-state index contributed by atoms with van der Waals surface area (Å²) < 4.78 is 41.6. The number of thioether (sulfide) groups is 1. The summed E-state index contributed by atoms with van der Waals surface area (Å²) in [5.74, 6) is -3.97. The molecular weight excluding hydrogens is 235 g/mol. The van der Waals surface area contributed by atoms with Gasteiger partial charge in [-0.3, -0.25) is 10.2 Å². The first-order valence-corrected chi connectivity index (χ1v) is 4.81. The monoisotopic (exact) mass is 243 g/mol. The Balaban J connectivity index is 3.09. The quantitative estimate of drug-likeness (QED) is 0.668. The van der Waals surface area contributed by atoms with Crippen LogP contribution in [0.25, 0.3) is 0 Å². The summed E-state index contributed by atoms with van der Waals surface area (Å²) in [7, 11) is 0.912. The van der Waals surface area contributed by atoms with Gasteiger partial charge in [0.05, 0.1) is 12.2 Å². The van der Waals surface area contributed by atoms with Crippen LogP contribution in [-0.4, -0.2) is 40.8 Å². The number of rotatable bonds is 1. The van der Waals surface area contributed by atoms with Crippen molar-refractivity contribution in [2.24, 2.45) is 5.92 Å². The third kappa shape index (κ3) is 1.83. The van der Waals surface area contributed by atoms with E-state index in [9.17, 15) is 23.1 Å². The number of aliphatic hydroxyl groups is 1. The van der Waals surface area contributed by atoms with Crippen molar-refractivity contribution in [1.29, 1.82) is 5.41 Å². The summed E-state index contributed by atoms with van der Waals surface area (Å²) >= 11 is 0.495. The van der Waals surface area contributed by atoms with Crippen LogP contribution < -0.4 is 0 Å². The molecule has 0 radical (unpaired) electrons. The zero-order chi connectivity index (χ0) is 11.9. The van der Waals surface area contributed by atoms with Crippen molar-refractivity contribution in [2.75, 3.05) is 12.9 Å². The summed E-state index contributed by atoms with van der Waals surface area (Å²) in [6.45, 7) is 0. The second-order valence-electron chi connectivity index (χ2n) is 3.03. The molecule has 0 aromatic heterocycles. The molecule has 1 rings (SSSR count). The number of alkyl halides is 3. The highest BCUT2D eigenvalue weighted by molar-refractivity contribution is 8.14. The summed E-state index contributed by atoms with van der Waals surface area (Å²) in [5, 5.41) is 16.0. The van der Waals surface area contributed by atoms with Gasteiger partial charge in [0, 0.05) is 5.75 Å². The summed E-state index contributed by atoms with van der Waals surface area (Å²) in [6.07, 6.45) is -4.96. The van der Waals surface area contributed by atoms with Crippen LogP contribution >= 0.6 is 11.8 Å². The second kappa shape index (κ2) is 3.67. The highest BCUT2D eigenvalue weighted by Crippen LogP contribution is 2.46. The van der Waals surface area contributed by atoms with Crippen LogP contribution in [0.15, 0.2) is 0 Å². The largest absolute Gasteiger partial charge is 0.468 e. The Bertz CT molecular complexity index is 306. The molecular formula is C7H8F3NO3S. The summed E-state index contributed by atoms with van der Waals surface area (Å²) in [4.78, 5) is 11.1. The van der Waals surface area contributed by atoms with Crippen LogP contribution in [0, 0.1) is 11.3 Å². The average molecular weight is 243 g/mol. The number of methoxy groups -OCH3 is 1. The molecule has 8 heteroatoms. The van der Waals surface area contributed by atoms with Crippen molar-refractivity contribution in [2.45, 2.75) is 11.8 Å². The van der Waals surface area contributed by atoms with Gasteiger partial charge in [-0.25, -0.2) is 0 Å². The van der Waals surface area contributed by atoms with E-state index in [4.69, 9.17) is 5.41 Å². The van der Waals surface area contributed by atoms with Crippen molar-refractivity contribution in [3.8, 4) is 0 Å². The van der Waals surface area contributed by atoms with Crippen molar-refractivity contribution >= 4 is 22.8 Å². The van der Waals surface area contributed by atoms with Gasteiger partial charge in [0.1, 0.15) is 5.92 Å². The van der Waals surface area contributed by atoms with E-state index in [0.717, 1.165) is 7.11 Å². The lowest BCUT2D eigenvalue weighted by Crippen LogP contribution is -2.54. The number of halogens is 3. The van der Waals surface area contributed by atoms with E-state index in [-0.39, 0.29) is 0 Å². The minimum atomic E-state index is -4.96. The van der Waals surface area contributed by atoms with Crippen LogP contribution in [0.2, 0.25) is 0 Å². The highest BCUT2D eigenvalue weighted by atomic mass is 32.2. The standard InChI is InChI=1S/C7H8F3NO3S/c1-14-5(12)3-4(11)15-2-6(3,13)7(8,9)10/h3,11,13H,2H2,1H3. The Hall–Kier alpha value is -0.760. The molecule has 0 aliphatic carbocycles. The molecule has 0 aromatic rings. The fourth-order valence-corrected chi connectivity index (χ4v) is 2.40. The molecule has 2 N–H and O–H groups in total. The Kier molecular flexibility index (Phi) is 3.01. The summed E-state index contributed by atoms with van der Waals surface area (Å²) in [6, 6.07) is 0. The van der Waals surface area contributed by atoms with Crippen molar-refractivity contribution < 1.29 is 27.8 Å². The molecule has 1 heterocycles. The Morgan fingerprint density at radius 2 is 2.27 bits per heavy atom. The normalized spacial score (nSPS) is 31.8. The van der Waals surface area contributed by atoms with Crippen LogP contribution in [0.3, 0.4) is 0 Å². The van der Waals surface area contributed by atoms with Gasteiger partial charge in [-0.1, -0.05) is 0 Å². The van der Waals surface area contributed by atoms with Crippen molar-refractivity contribution in [1.82, 2.24) is 0 Å². The average Bonchev–Trinajstić information content (AvgIpc) is 2.42. The predicted molar refractivity (Wildman–Crippen MR) is 46.7 cm³/mol. The molecule has 1 fully saturated rings. The van der Waals surface area contributed by atoms with Crippen LogP contribution in [0.4, 0.5) is 13.2 Å². The fourth-order valence-electron chi connectivity index (χ4n) is 1.24. The van der Waals surface area contributed by atoms with Gasteiger partial charge < -0.3 is 9.84 Å². The molecule has 4 nitrogen and oxygen atoms in total. The van der Waals surface area contributed by atoms with E-state index in [1.54, 1.807) is 0 Å². The molecule has 2 atom stereocenters. The maximum atomic E-state index is 12.5. The van der Waals surface area contributed by atoms with Gasteiger partial charge in [-0.15, -0.1) is 11.8 Å². The van der Waals surface area contributed by atoms with Gasteiger partial charge in [-0.2, -0.15) is 13.2 Å². The number of carbonyl (C=O) groups is 1. The van der Waals surface area contributed by atoms with Gasteiger partial charge in [-0.05, 0) is 0 Å². The smallest absolute Gasteiger partial charge is 0.419 e. The van der Waals surface area contributed by atoms with Crippen molar-refractivity contribution in [3.05, 3.63) is 0 Å². The van der Waals surface area contributed by atoms with Gasteiger partial charge in [0.15, 0.2) is 5.60 Å². The molecule has 15 heavy (non-hydrogen) atoms. The highest BCUT2D eigenvalue weighted by Gasteiger charge is 2.66. The summed E-state index contributed by atoms with van der Waals surface area (Å²) in [5.41, 5.74) is -3.19. The Labute approximate surface area is 87.3 Å². The lowest BCUT2D eigenvalue weighted by atomic mass is 9.89. The van der Waals surface area contributed by atoms with E-state index < -0.39 is 34.5 Å². The minimum Gasteiger partial charge on any atom is -0.468 e. The van der Waals surface area contributed by atoms with E-state index in [0.29, 0.717) is 11.8 Å². The third-order valence-corrected chi connectivity index (χ3v) is 3.25.